The first-order valence-electron chi connectivity index (χ1n) is 7.96. The lowest BCUT2D eigenvalue weighted by Crippen LogP contribution is -2.56. The van der Waals surface area contributed by atoms with E-state index in [0.717, 1.165) is 17.3 Å². The zero-order valence-corrected chi connectivity index (χ0v) is 13.2. The zero-order chi connectivity index (χ0) is 15.5. The minimum absolute atomic E-state index is 0.0644. The predicted molar refractivity (Wildman–Crippen MR) is 86.8 cm³/mol. The van der Waals surface area contributed by atoms with Crippen LogP contribution in [-0.2, 0) is 4.79 Å². The predicted octanol–water partition coefficient (Wildman–Crippen LogP) is 3.26. The average Bonchev–Trinajstić information content (AvgIpc) is 2.50. The highest BCUT2D eigenvalue weighted by Crippen LogP contribution is 2.21. The molecule has 0 saturated carbocycles. The van der Waals surface area contributed by atoms with E-state index in [9.17, 15) is 4.79 Å². The van der Waals surface area contributed by atoms with Crippen molar-refractivity contribution in [1.29, 1.82) is 0 Å². The van der Waals surface area contributed by atoms with Gasteiger partial charge in [0.1, 0.15) is 6.10 Å². The van der Waals surface area contributed by atoms with Gasteiger partial charge < -0.3 is 9.64 Å². The summed E-state index contributed by atoms with van der Waals surface area (Å²) in [5.41, 5.74) is 0.934. The first kappa shape index (κ1) is 14.8. The molecule has 1 aromatic heterocycles. The molecule has 1 aliphatic rings. The van der Waals surface area contributed by atoms with E-state index in [2.05, 4.69) is 18.8 Å². The normalized spacial score (nSPS) is 16.4. The summed E-state index contributed by atoms with van der Waals surface area (Å²) in [5.74, 6) is 1.33. The van der Waals surface area contributed by atoms with Crippen LogP contribution in [0, 0.1) is 5.92 Å². The van der Waals surface area contributed by atoms with E-state index < -0.39 is 0 Å². The molecule has 4 nitrogen and oxygen atoms in total. The molecule has 0 N–H and O–H groups in total. The van der Waals surface area contributed by atoms with Crippen molar-refractivity contribution in [3.05, 3.63) is 36.4 Å². The van der Waals surface area contributed by atoms with Crippen molar-refractivity contribution in [2.45, 2.75) is 32.8 Å². The second-order valence-electron chi connectivity index (χ2n) is 6.10. The third-order valence-electron chi connectivity index (χ3n) is 4.28. The summed E-state index contributed by atoms with van der Waals surface area (Å²) in [6, 6.07) is 11.9. The molecular weight excluding hydrogens is 276 g/mol. The average molecular weight is 298 g/mol. The van der Waals surface area contributed by atoms with E-state index in [1.807, 2.05) is 41.3 Å². The van der Waals surface area contributed by atoms with Gasteiger partial charge in [0, 0.05) is 17.9 Å². The highest BCUT2D eigenvalue weighted by molar-refractivity contribution is 5.79. The number of rotatable bonds is 5. The quantitative estimate of drug-likeness (QED) is 0.851. The van der Waals surface area contributed by atoms with Crippen molar-refractivity contribution in [3.63, 3.8) is 0 Å². The summed E-state index contributed by atoms with van der Waals surface area (Å²) in [6.07, 6.45) is 1.74. The van der Waals surface area contributed by atoms with Crippen LogP contribution in [0.3, 0.4) is 0 Å². The van der Waals surface area contributed by atoms with Gasteiger partial charge in [-0.1, -0.05) is 38.5 Å². The Labute approximate surface area is 131 Å². The Morgan fingerprint density at radius 3 is 2.86 bits per heavy atom. The van der Waals surface area contributed by atoms with Crippen LogP contribution in [0.5, 0.6) is 5.88 Å². The van der Waals surface area contributed by atoms with Crippen molar-refractivity contribution in [1.82, 2.24) is 9.88 Å². The van der Waals surface area contributed by atoms with Crippen LogP contribution in [0.2, 0.25) is 0 Å². The number of carbonyl (C=O) groups excluding carboxylic acids is 1. The molecule has 1 fully saturated rings. The van der Waals surface area contributed by atoms with E-state index >= 15 is 0 Å². The molecule has 1 aromatic carbocycles. The Kier molecular flexibility index (Phi) is 4.27. The Balaban J connectivity index is 1.54. The highest BCUT2D eigenvalue weighted by Gasteiger charge is 2.32. The maximum atomic E-state index is 12.0. The van der Waals surface area contributed by atoms with Crippen LogP contribution < -0.4 is 4.74 Å². The highest BCUT2D eigenvalue weighted by atomic mass is 16.5. The van der Waals surface area contributed by atoms with Crippen molar-refractivity contribution in [3.8, 4) is 5.88 Å². The number of carbonyl (C=O) groups is 1. The Hall–Kier alpha value is -2.10. The molecule has 22 heavy (non-hydrogen) atoms. The number of hydrogen-bond acceptors (Lipinski definition) is 3. The van der Waals surface area contributed by atoms with Crippen LogP contribution in [0.15, 0.2) is 36.4 Å². The van der Waals surface area contributed by atoms with Gasteiger partial charge in [-0.3, -0.25) is 4.79 Å². The van der Waals surface area contributed by atoms with E-state index in [0.29, 0.717) is 31.3 Å². The lowest BCUT2D eigenvalue weighted by molar-refractivity contribution is -0.141. The number of para-hydroxylation sites is 1. The van der Waals surface area contributed by atoms with Gasteiger partial charge in [-0.05, 0) is 18.1 Å². The molecule has 116 valence electrons. The molecule has 1 unspecified atom stereocenters. The Morgan fingerprint density at radius 1 is 1.32 bits per heavy atom. The number of benzene rings is 1. The van der Waals surface area contributed by atoms with Crippen LogP contribution >= 0.6 is 0 Å². The number of ether oxygens (including phenoxy) is 1. The van der Waals surface area contributed by atoms with Gasteiger partial charge in [0.2, 0.25) is 11.8 Å². The van der Waals surface area contributed by atoms with Gasteiger partial charge in [-0.25, -0.2) is 4.98 Å². The van der Waals surface area contributed by atoms with Gasteiger partial charge >= 0.3 is 0 Å². The topological polar surface area (TPSA) is 42.4 Å². The van der Waals surface area contributed by atoms with Crippen molar-refractivity contribution < 1.29 is 9.53 Å². The van der Waals surface area contributed by atoms with Gasteiger partial charge in [0.05, 0.1) is 18.6 Å². The number of pyridine rings is 1. The third-order valence-corrected chi connectivity index (χ3v) is 4.28. The van der Waals surface area contributed by atoms with Crippen molar-refractivity contribution in [2.24, 2.45) is 5.92 Å². The van der Waals surface area contributed by atoms with Crippen LogP contribution in [0.4, 0.5) is 0 Å². The number of aromatic nitrogens is 1. The number of hydrogen-bond donors (Lipinski definition) is 0. The molecular formula is C18H22N2O2. The fraction of sp³-hybridized carbons (Fsp3) is 0.444. The SMILES string of the molecule is CCC(C)CC(=O)N1CC(Oc2ccc3ccccc3n2)C1. The first-order chi connectivity index (χ1) is 10.7. The summed E-state index contributed by atoms with van der Waals surface area (Å²) in [6.45, 7) is 5.57. The van der Waals surface area contributed by atoms with E-state index in [1.165, 1.54) is 0 Å². The molecule has 1 amide bonds. The fourth-order valence-corrected chi connectivity index (χ4v) is 2.57. The molecule has 1 atom stereocenters. The smallest absolute Gasteiger partial charge is 0.223 e. The molecule has 2 aromatic rings. The monoisotopic (exact) mass is 298 g/mol. The number of amides is 1. The van der Waals surface area contributed by atoms with Crippen molar-refractivity contribution in [2.75, 3.05) is 13.1 Å². The number of likely N-dealkylation sites (tertiary alicyclic amines) is 1. The molecule has 0 radical (unpaired) electrons. The third kappa shape index (κ3) is 3.21. The summed E-state index contributed by atoms with van der Waals surface area (Å²) in [4.78, 5) is 18.4. The van der Waals surface area contributed by atoms with Gasteiger partial charge in [-0.15, -0.1) is 0 Å². The largest absolute Gasteiger partial charge is 0.471 e. The van der Waals surface area contributed by atoms with Gasteiger partial charge in [-0.2, -0.15) is 0 Å². The molecule has 1 aliphatic heterocycles. The van der Waals surface area contributed by atoms with Crippen LogP contribution in [0.25, 0.3) is 10.9 Å². The van der Waals surface area contributed by atoms with E-state index in [-0.39, 0.29) is 12.0 Å². The van der Waals surface area contributed by atoms with Crippen LogP contribution in [-0.4, -0.2) is 35.0 Å². The molecule has 2 heterocycles. The minimum Gasteiger partial charge on any atom is -0.471 e. The molecule has 4 heteroatoms. The van der Waals surface area contributed by atoms with Crippen LogP contribution in [0.1, 0.15) is 26.7 Å². The maximum absolute atomic E-state index is 12.0. The van der Waals surface area contributed by atoms with Crippen molar-refractivity contribution >= 4 is 16.8 Å². The summed E-state index contributed by atoms with van der Waals surface area (Å²) >= 11 is 0. The van der Waals surface area contributed by atoms with Gasteiger partial charge in [0.25, 0.3) is 0 Å². The maximum Gasteiger partial charge on any atom is 0.223 e. The first-order valence-corrected chi connectivity index (χ1v) is 7.96. The van der Waals surface area contributed by atoms with Gasteiger partial charge in [0.15, 0.2) is 0 Å². The Bertz CT molecular complexity index is 665. The second-order valence-corrected chi connectivity index (χ2v) is 6.10. The lowest BCUT2D eigenvalue weighted by atomic mass is 10.0. The fourth-order valence-electron chi connectivity index (χ4n) is 2.57. The zero-order valence-electron chi connectivity index (χ0n) is 13.2. The summed E-state index contributed by atoms with van der Waals surface area (Å²) in [7, 11) is 0. The second kappa shape index (κ2) is 6.34. The number of nitrogens with zero attached hydrogens (tertiary/aromatic N) is 2. The number of fused-ring (bicyclic) bond motifs is 1. The molecule has 1 saturated heterocycles. The molecule has 3 rings (SSSR count). The summed E-state index contributed by atoms with van der Waals surface area (Å²) < 4.78 is 5.87. The Morgan fingerprint density at radius 2 is 2.09 bits per heavy atom. The molecule has 0 spiro atoms. The standard InChI is InChI=1S/C18H22N2O2/c1-3-13(2)10-18(21)20-11-15(12-20)22-17-9-8-14-6-4-5-7-16(14)19-17/h4-9,13,15H,3,10-12H2,1-2H3. The minimum atomic E-state index is 0.0644. The molecule has 0 bridgehead atoms. The van der Waals surface area contributed by atoms with E-state index in [1.54, 1.807) is 0 Å². The molecule has 0 aliphatic carbocycles. The van der Waals surface area contributed by atoms with E-state index in [4.69, 9.17) is 4.74 Å². The summed E-state index contributed by atoms with van der Waals surface area (Å²) in [5, 5.41) is 1.11. The lowest BCUT2D eigenvalue weighted by Gasteiger charge is -2.39.